The third-order valence-corrected chi connectivity index (χ3v) is 3.86. The highest BCUT2D eigenvalue weighted by molar-refractivity contribution is 6.34. The van der Waals surface area contributed by atoms with Gasteiger partial charge in [-0.05, 0) is 37.3 Å². The van der Waals surface area contributed by atoms with E-state index >= 15 is 0 Å². The molecule has 1 aliphatic heterocycles. The number of anilines is 1. The van der Waals surface area contributed by atoms with Crippen LogP contribution in [0.15, 0.2) is 18.2 Å². The van der Waals surface area contributed by atoms with Crippen LogP contribution in [0.3, 0.4) is 0 Å². The van der Waals surface area contributed by atoms with Crippen LogP contribution in [0.5, 0.6) is 0 Å². The molecule has 4 heteroatoms. The standard InChI is InChI=1S/C14H18ClNO2/c1-10-4-3-8-16(9-7-10)13-11(14(17)18)5-2-6-12(13)15/h2,5-6,10H,3-4,7-9H2,1H3,(H,17,18). The minimum atomic E-state index is -0.912. The van der Waals surface area contributed by atoms with E-state index in [0.717, 1.165) is 25.9 Å². The third kappa shape index (κ3) is 2.78. The van der Waals surface area contributed by atoms with Crippen molar-refractivity contribution in [2.45, 2.75) is 26.2 Å². The van der Waals surface area contributed by atoms with Crippen LogP contribution in [0.2, 0.25) is 5.02 Å². The van der Waals surface area contributed by atoms with Crippen molar-refractivity contribution in [3.8, 4) is 0 Å². The number of aromatic carboxylic acids is 1. The first-order chi connectivity index (χ1) is 8.59. The van der Waals surface area contributed by atoms with Gasteiger partial charge in [-0.3, -0.25) is 0 Å². The number of para-hydroxylation sites is 1. The molecule has 0 radical (unpaired) electrons. The molecule has 0 saturated carbocycles. The van der Waals surface area contributed by atoms with Crippen LogP contribution >= 0.6 is 11.6 Å². The van der Waals surface area contributed by atoms with E-state index in [1.54, 1.807) is 18.2 Å². The number of carboxylic acid groups (broad SMARTS) is 1. The van der Waals surface area contributed by atoms with Gasteiger partial charge in [-0.1, -0.05) is 24.6 Å². The molecular weight excluding hydrogens is 250 g/mol. The Labute approximate surface area is 112 Å². The Morgan fingerprint density at radius 3 is 2.89 bits per heavy atom. The molecule has 98 valence electrons. The van der Waals surface area contributed by atoms with E-state index in [9.17, 15) is 9.90 Å². The molecule has 0 spiro atoms. The average molecular weight is 268 g/mol. The van der Waals surface area contributed by atoms with Crippen molar-refractivity contribution in [1.82, 2.24) is 0 Å². The predicted molar refractivity (Wildman–Crippen MR) is 73.6 cm³/mol. The fourth-order valence-electron chi connectivity index (χ4n) is 2.50. The minimum absolute atomic E-state index is 0.303. The number of nitrogens with zero attached hydrogens (tertiary/aromatic N) is 1. The molecule has 0 bridgehead atoms. The Kier molecular flexibility index (Phi) is 4.12. The van der Waals surface area contributed by atoms with Gasteiger partial charge in [0.15, 0.2) is 0 Å². The number of carbonyl (C=O) groups is 1. The summed E-state index contributed by atoms with van der Waals surface area (Å²) in [5.74, 6) is -0.212. The summed E-state index contributed by atoms with van der Waals surface area (Å²) in [5.41, 5.74) is 0.984. The molecule has 1 saturated heterocycles. The normalized spacial score (nSPS) is 20.6. The second kappa shape index (κ2) is 5.61. The van der Waals surface area contributed by atoms with Crippen LogP contribution in [-0.4, -0.2) is 24.2 Å². The van der Waals surface area contributed by atoms with E-state index in [4.69, 9.17) is 11.6 Å². The van der Waals surface area contributed by atoms with Crippen molar-refractivity contribution in [1.29, 1.82) is 0 Å². The van der Waals surface area contributed by atoms with Crippen molar-refractivity contribution in [3.05, 3.63) is 28.8 Å². The minimum Gasteiger partial charge on any atom is -0.478 e. The van der Waals surface area contributed by atoms with E-state index < -0.39 is 5.97 Å². The van der Waals surface area contributed by atoms with Gasteiger partial charge >= 0.3 is 5.97 Å². The lowest BCUT2D eigenvalue weighted by atomic mass is 10.0. The maximum atomic E-state index is 11.3. The first-order valence-electron chi connectivity index (χ1n) is 6.36. The molecule has 0 aromatic heterocycles. The first-order valence-corrected chi connectivity index (χ1v) is 6.74. The molecule has 18 heavy (non-hydrogen) atoms. The van der Waals surface area contributed by atoms with Crippen molar-refractivity contribution < 1.29 is 9.90 Å². The molecule has 1 aliphatic rings. The van der Waals surface area contributed by atoms with Crippen molar-refractivity contribution >= 4 is 23.3 Å². The summed E-state index contributed by atoms with van der Waals surface area (Å²) in [6, 6.07) is 5.07. The zero-order chi connectivity index (χ0) is 13.1. The molecule has 0 aliphatic carbocycles. The number of carboxylic acids is 1. The molecule has 1 unspecified atom stereocenters. The summed E-state index contributed by atoms with van der Waals surface area (Å²) in [4.78, 5) is 13.4. The fraction of sp³-hybridized carbons (Fsp3) is 0.500. The lowest BCUT2D eigenvalue weighted by Crippen LogP contribution is -2.26. The van der Waals surface area contributed by atoms with Gasteiger partial charge < -0.3 is 10.0 Å². The molecule has 1 aromatic rings. The van der Waals surface area contributed by atoms with Gasteiger partial charge in [0.1, 0.15) is 0 Å². The van der Waals surface area contributed by atoms with Crippen LogP contribution < -0.4 is 4.90 Å². The van der Waals surface area contributed by atoms with Crippen LogP contribution in [0.4, 0.5) is 5.69 Å². The summed E-state index contributed by atoms with van der Waals surface area (Å²) in [6.45, 7) is 4.01. The predicted octanol–water partition coefficient (Wildman–Crippen LogP) is 3.66. The highest BCUT2D eigenvalue weighted by Gasteiger charge is 2.21. The number of halogens is 1. The summed E-state index contributed by atoms with van der Waals surface area (Å²) in [7, 11) is 0. The third-order valence-electron chi connectivity index (χ3n) is 3.55. The molecule has 3 nitrogen and oxygen atoms in total. The molecule has 1 fully saturated rings. The van der Waals surface area contributed by atoms with Crippen molar-refractivity contribution in [2.75, 3.05) is 18.0 Å². The van der Waals surface area contributed by atoms with Crippen LogP contribution in [0.25, 0.3) is 0 Å². The number of rotatable bonds is 2. The highest BCUT2D eigenvalue weighted by atomic mass is 35.5. The average Bonchev–Trinajstić information content (AvgIpc) is 2.53. The zero-order valence-electron chi connectivity index (χ0n) is 10.5. The van der Waals surface area contributed by atoms with Gasteiger partial charge in [-0.15, -0.1) is 0 Å². The Bertz CT molecular complexity index is 447. The number of benzene rings is 1. The number of hydrogen-bond donors (Lipinski definition) is 1. The monoisotopic (exact) mass is 267 g/mol. The van der Waals surface area contributed by atoms with Crippen LogP contribution in [-0.2, 0) is 0 Å². The SMILES string of the molecule is CC1CCCN(c2c(Cl)cccc2C(=O)O)CC1. The lowest BCUT2D eigenvalue weighted by molar-refractivity contribution is 0.0697. The second-order valence-corrected chi connectivity index (χ2v) is 5.37. The van der Waals surface area contributed by atoms with Gasteiger partial charge in [0.25, 0.3) is 0 Å². The van der Waals surface area contributed by atoms with Gasteiger partial charge in [0.05, 0.1) is 16.3 Å². The van der Waals surface area contributed by atoms with Gasteiger partial charge in [-0.25, -0.2) is 4.79 Å². The molecule has 0 amide bonds. The largest absolute Gasteiger partial charge is 0.478 e. The Hall–Kier alpha value is -1.22. The smallest absolute Gasteiger partial charge is 0.337 e. The van der Waals surface area contributed by atoms with Gasteiger partial charge in [0.2, 0.25) is 0 Å². The number of hydrogen-bond acceptors (Lipinski definition) is 2. The Balaban J connectivity index is 2.34. The molecule has 1 atom stereocenters. The Morgan fingerprint density at radius 1 is 1.39 bits per heavy atom. The summed E-state index contributed by atoms with van der Waals surface area (Å²) in [5, 5.41) is 9.79. The summed E-state index contributed by atoms with van der Waals surface area (Å²) >= 11 is 6.19. The maximum Gasteiger partial charge on any atom is 0.337 e. The van der Waals surface area contributed by atoms with E-state index in [0.29, 0.717) is 22.2 Å². The van der Waals surface area contributed by atoms with Crippen molar-refractivity contribution in [3.63, 3.8) is 0 Å². The van der Waals surface area contributed by atoms with Gasteiger partial charge in [0, 0.05) is 13.1 Å². The first kappa shape index (κ1) is 13.2. The van der Waals surface area contributed by atoms with E-state index in [-0.39, 0.29) is 0 Å². The van der Waals surface area contributed by atoms with E-state index in [1.807, 2.05) is 0 Å². The molecule has 1 aromatic carbocycles. The topological polar surface area (TPSA) is 40.5 Å². The lowest BCUT2D eigenvalue weighted by Gasteiger charge is -2.25. The van der Waals surface area contributed by atoms with Crippen LogP contribution in [0, 0.1) is 5.92 Å². The quantitative estimate of drug-likeness (QED) is 0.889. The molecular formula is C14H18ClNO2. The second-order valence-electron chi connectivity index (χ2n) is 4.96. The molecule has 1 heterocycles. The highest BCUT2D eigenvalue weighted by Crippen LogP contribution is 2.32. The molecule has 1 N–H and O–H groups in total. The molecule has 2 rings (SSSR count). The summed E-state index contributed by atoms with van der Waals surface area (Å²) < 4.78 is 0. The summed E-state index contributed by atoms with van der Waals surface area (Å²) in [6.07, 6.45) is 3.37. The van der Waals surface area contributed by atoms with Crippen molar-refractivity contribution in [2.24, 2.45) is 5.92 Å². The maximum absolute atomic E-state index is 11.3. The van der Waals surface area contributed by atoms with Gasteiger partial charge in [-0.2, -0.15) is 0 Å². The Morgan fingerprint density at radius 2 is 2.17 bits per heavy atom. The van der Waals surface area contributed by atoms with Crippen LogP contribution in [0.1, 0.15) is 36.5 Å². The fourth-order valence-corrected chi connectivity index (χ4v) is 2.79. The van der Waals surface area contributed by atoms with E-state index in [1.165, 1.54) is 6.42 Å². The van der Waals surface area contributed by atoms with E-state index in [2.05, 4.69) is 11.8 Å². The zero-order valence-corrected chi connectivity index (χ0v) is 11.3.